The molecule has 0 saturated heterocycles. The van der Waals surface area contributed by atoms with E-state index in [0.717, 1.165) is 22.4 Å². The van der Waals surface area contributed by atoms with Crippen molar-refractivity contribution in [2.45, 2.75) is 24.0 Å². The number of imidazole rings is 1. The van der Waals surface area contributed by atoms with Gasteiger partial charge in [0, 0.05) is 16.8 Å². The van der Waals surface area contributed by atoms with Crippen molar-refractivity contribution in [3.63, 3.8) is 0 Å². The van der Waals surface area contributed by atoms with Gasteiger partial charge in [0.15, 0.2) is 9.84 Å². The highest BCUT2D eigenvalue weighted by Crippen LogP contribution is 2.22. The van der Waals surface area contributed by atoms with Crippen LogP contribution in [-0.2, 0) is 9.84 Å². The Morgan fingerprint density at radius 2 is 1.60 bits per heavy atom. The van der Waals surface area contributed by atoms with Crippen molar-refractivity contribution in [1.82, 2.24) is 9.97 Å². The summed E-state index contributed by atoms with van der Waals surface area (Å²) in [4.78, 5) is 20.6. The SMILES string of the molecule is CC(C)S(=O)(=O)c1ccc(C(=O)Nc2ccc(-c3nc4ccccc4[nH]3)cc2)cc1. The average Bonchev–Trinajstić information content (AvgIpc) is 3.18. The average molecular weight is 420 g/mol. The highest BCUT2D eigenvalue weighted by atomic mass is 32.2. The molecule has 4 aromatic rings. The largest absolute Gasteiger partial charge is 0.338 e. The Morgan fingerprint density at radius 3 is 2.23 bits per heavy atom. The van der Waals surface area contributed by atoms with Crippen molar-refractivity contribution in [2.75, 3.05) is 5.32 Å². The second kappa shape index (κ2) is 7.76. The number of aromatic amines is 1. The van der Waals surface area contributed by atoms with Crippen molar-refractivity contribution < 1.29 is 13.2 Å². The molecule has 0 radical (unpaired) electrons. The molecule has 0 aliphatic heterocycles. The van der Waals surface area contributed by atoms with Crippen LogP contribution in [0.1, 0.15) is 24.2 Å². The Morgan fingerprint density at radius 1 is 0.933 bits per heavy atom. The molecule has 0 saturated carbocycles. The number of amides is 1. The van der Waals surface area contributed by atoms with Crippen molar-refractivity contribution in [3.8, 4) is 11.4 Å². The molecular formula is C23H21N3O3S. The Balaban J connectivity index is 1.48. The van der Waals surface area contributed by atoms with Gasteiger partial charge in [-0.15, -0.1) is 0 Å². The third kappa shape index (κ3) is 3.84. The van der Waals surface area contributed by atoms with E-state index in [2.05, 4.69) is 15.3 Å². The molecule has 7 heteroatoms. The number of benzene rings is 3. The Hall–Kier alpha value is -3.45. The Bertz CT molecular complexity index is 1270. The van der Waals surface area contributed by atoms with Crippen LogP contribution in [0.3, 0.4) is 0 Å². The van der Waals surface area contributed by atoms with E-state index in [9.17, 15) is 13.2 Å². The van der Waals surface area contributed by atoms with Gasteiger partial charge in [-0.05, 0) is 74.5 Å². The number of rotatable bonds is 5. The summed E-state index contributed by atoms with van der Waals surface area (Å²) in [5.41, 5.74) is 3.80. The molecule has 1 amide bonds. The molecule has 152 valence electrons. The zero-order valence-corrected chi connectivity index (χ0v) is 17.4. The summed E-state index contributed by atoms with van der Waals surface area (Å²) < 4.78 is 24.4. The predicted molar refractivity (Wildman–Crippen MR) is 118 cm³/mol. The van der Waals surface area contributed by atoms with Gasteiger partial charge in [-0.1, -0.05) is 12.1 Å². The van der Waals surface area contributed by atoms with E-state index >= 15 is 0 Å². The van der Waals surface area contributed by atoms with Crippen LogP contribution in [0, 0.1) is 0 Å². The van der Waals surface area contributed by atoms with Gasteiger partial charge in [-0.3, -0.25) is 4.79 Å². The van der Waals surface area contributed by atoms with Gasteiger partial charge in [0.2, 0.25) is 0 Å². The number of nitrogens with zero attached hydrogens (tertiary/aromatic N) is 1. The molecule has 0 aliphatic rings. The number of aromatic nitrogens is 2. The van der Waals surface area contributed by atoms with Crippen LogP contribution >= 0.6 is 0 Å². The van der Waals surface area contributed by atoms with E-state index in [-0.39, 0.29) is 10.8 Å². The van der Waals surface area contributed by atoms with Crippen LogP contribution in [0.15, 0.2) is 77.7 Å². The van der Waals surface area contributed by atoms with Gasteiger partial charge in [-0.25, -0.2) is 13.4 Å². The predicted octanol–water partition coefficient (Wildman–Crippen LogP) is 4.66. The molecule has 2 N–H and O–H groups in total. The fourth-order valence-electron chi connectivity index (χ4n) is 3.07. The van der Waals surface area contributed by atoms with Crippen molar-refractivity contribution >= 4 is 32.5 Å². The standard InChI is InChI=1S/C23H21N3O3S/c1-15(2)30(28,29)19-13-9-17(10-14-19)23(27)24-18-11-7-16(8-12-18)22-25-20-5-3-4-6-21(20)26-22/h3-15H,1-2H3,(H,24,27)(H,25,26). The number of carbonyl (C=O) groups excluding carboxylic acids is 1. The lowest BCUT2D eigenvalue weighted by Gasteiger charge is -2.09. The molecule has 0 bridgehead atoms. The molecule has 0 unspecified atom stereocenters. The smallest absolute Gasteiger partial charge is 0.255 e. The van der Waals surface area contributed by atoms with E-state index in [1.807, 2.05) is 36.4 Å². The summed E-state index contributed by atoms with van der Waals surface area (Å²) in [6.45, 7) is 3.26. The molecule has 0 spiro atoms. The topological polar surface area (TPSA) is 91.9 Å². The quantitative estimate of drug-likeness (QED) is 0.492. The first-order valence-corrected chi connectivity index (χ1v) is 11.1. The summed E-state index contributed by atoms with van der Waals surface area (Å²) in [7, 11) is -3.36. The molecule has 0 aliphatic carbocycles. The number of anilines is 1. The Labute approximate surface area is 174 Å². The summed E-state index contributed by atoms with van der Waals surface area (Å²) in [5, 5.41) is 2.31. The van der Waals surface area contributed by atoms with Gasteiger partial charge in [0.1, 0.15) is 5.82 Å². The number of para-hydroxylation sites is 2. The lowest BCUT2D eigenvalue weighted by Crippen LogP contribution is -2.15. The summed E-state index contributed by atoms with van der Waals surface area (Å²) in [5.74, 6) is 0.455. The van der Waals surface area contributed by atoms with Crippen LogP contribution < -0.4 is 5.32 Å². The third-order valence-electron chi connectivity index (χ3n) is 4.87. The van der Waals surface area contributed by atoms with Gasteiger partial charge < -0.3 is 10.3 Å². The van der Waals surface area contributed by atoms with Crippen molar-refractivity contribution in [2.24, 2.45) is 0 Å². The first kappa shape index (κ1) is 19.8. The maximum Gasteiger partial charge on any atom is 0.255 e. The zero-order valence-electron chi connectivity index (χ0n) is 16.6. The molecule has 6 nitrogen and oxygen atoms in total. The van der Waals surface area contributed by atoms with Gasteiger partial charge >= 0.3 is 0 Å². The molecule has 1 aromatic heterocycles. The number of hydrogen-bond donors (Lipinski definition) is 2. The number of carbonyl (C=O) groups is 1. The third-order valence-corrected chi connectivity index (χ3v) is 7.04. The molecule has 4 rings (SSSR count). The van der Waals surface area contributed by atoms with Gasteiger partial charge in [0.05, 0.1) is 21.2 Å². The van der Waals surface area contributed by atoms with Crippen LogP contribution in [0.2, 0.25) is 0 Å². The Kier molecular flexibility index (Phi) is 5.13. The van der Waals surface area contributed by atoms with Gasteiger partial charge in [0.25, 0.3) is 5.91 Å². The second-order valence-electron chi connectivity index (χ2n) is 7.25. The van der Waals surface area contributed by atoms with Crippen LogP contribution in [0.25, 0.3) is 22.4 Å². The number of H-pyrrole nitrogens is 1. The van der Waals surface area contributed by atoms with E-state index in [0.29, 0.717) is 11.3 Å². The highest BCUT2D eigenvalue weighted by Gasteiger charge is 2.19. The highest BCUT2D eigenvalue weighted by molar-refractivity contribution is 7.92. The maximum atomic E-state index is 12.5. The molecule has 0 fully saturated rings. The summed E-state index contributed by atoms with van der Waals surface area (Å²) >= 11 is 0. The van der Waals surface area contributed by atoms with E-state index < -0.39 is 15.1 Å². The van der Waals surface area contributed by atoms with E-state index in [4.69, 9.17) is 0 Å². The van der Waals surface area contributed by atoms with Crippen LogP contribution in [0.4, 0.5) is 5.69 Å². The lowest BCUT2D eigenvalue weighted by atomic mass is 10.1. The normalized spacial score (nSPS) is 11.7. The number of fused-ring (bicyclic) bond motifs is 1. The molecular weight excluding hydrogens is 398 g/mol. The maximum absolute atomic E-state index is 12.5. The molecule has 1 heterocycles. The van der Waals surface area contributed by atoms with Crippen LogP contribution in [-0.4, -0.2) is 29.5 Å². The second-order valence-corrected chi connectivity index (χ2v) is 9.76. The van der Waals surface area contributed by atoms with Crippen molar-refractivity contribution in [3.05, 3.63) is 78.4 Å². The zero-order chi connectivity index (χ0) is 21.3. The minimum Gasteiger partial charge on any atom is -0.338 e. The van der Waals surface area contributed by atoms with Crippen molar-refractivity contribution in [1.29, 1.82) is 0 Å². The molecule has 0 atom stereocenters. The first-order valence-electron chi connectivity index (χ1n) is 9.55. The van der Waals surface area contributed by atoms with Crippen LogP contribution in [0.5, 0.6) is 0 Å². The molecule has 3 aromatic carbocycles. The number of hydrogen-bond acceptors (Lipinski definition) is 4. The minimum absolute atomic E-state index is 0.212. The van der Waals surface area contributed by atoms with E-state index in [1.165, 1.54) is 24.3 Å². The monoisotopic (exact) mass is 419 g/mol. The molecule has 30 heavy (non-hydrogen) atoms. The number of sulfone groups is 1. The lowest BCUT2D eigenvalue weighted by molar-refractivity contribution is 0.102. The first-order chi connectivity index (χ1) is 14.3. The summed E-state index contributed by atoms with van der Waals surface area (Å²) in [6.07, 6.45) is 0. The minimum atomic E-state index is -3.36. The fraction of sp³-hybridized carbons (Fsp3) is 0.130. The summed E-state index contributed by atoms with van der Waals surface area (Å²) in [6, 6.07) is 21.2. The fourth-order valence-corrected chi connectivity index (χ4v) is 4.13. The van der Waals surface area contributed by atoms with E-state index in [1.54, 1.807) is 26.0 Å². The van der Waals surface area contributed by atoms with Gasteiger partial charge in [-0.2, -0.15) is 0 Å². The number of nitrogens with one attached hydrogen (secondary N) is 2.